The van der Waals surface area contributed by atoms with Crippen LogP contribution in [0.2, 0.25) is 5.02 Å². The molecule has 0 bridgehead atoms. The zero-order valence-corrected chi connectivity index (χ0v) is 15.1. The van der Waals surface area contributed by atoms with E-state index in [1.807, 2.05) is 6.07 Å². The van der Waals surface area contributed by atoms with Gasteiger partial charge < -0.3 is 10.6 Å². The lowest BCUT2D eigenvalue weighted by atomic mass is 10.2. The molecule has 3 rings (SSSR count). The Morgan fingerprint density at radius 3 is 2.96 bits per heavy atom. The largest absolute Gasteiger partial charge is 0.357 e. The molecule has 2 aromatic rings. The minimum atomic E-state index is -0.332. The number of nitriles is 1. The number of carbonyl (C=O) groups is 1. The summed E-state index contributed by atoms with van der Waals surface area (Å²) in [5.74, 6) is -0.160. The van der Waals surface area contributed by atoms with Gasteiger partial charge in [-0.1, -0.05) is 34.7 Å². The number of benzene rings is 1. The van der Waals surface area contributed by atoms with Crippen molar-refractivity contribution in [2.24, 2.45) is 0 Å². The predicted molar refractivity (Wildman–Crippen MR) is 96.7 cm³/mol. The van der Waals surface area contributed by atoms with Crippen molar-refractivity contribution in [1.29, 1.82) is 5.26 Å². The summed E-state index contributed by atoms with van der Waals surface area (Å²) in [5, 5.41) is 23.9. The van der Waals surface area contributed by atoms with Crippen LogP contribution in [0.1, 0.15) is 25.3 Å². The third kappa shape index (κ3) is 4.38. The summed E-state index contributed by atoms with van der Waals surface area (Å²) in [7, 11) is 0. The van der Waals surface area contributed by atoms with Crippen molar-refractivity contribution >= 4 is 51.4 Å². The lowest BCUT2D eigenvalue weighted by Gasteiger charge is -2.10. The van der Waals surface area contributed by atoms with Gasteiger partial charge in [-0.05, 0) is 38.0 Å². The second-order valence-corrected chi connectivity index (χ2v) is 8.32. The van der Waals surface area contributed by atoms with Gasteiger partial charge >= 0.3 is 0 Å². The molecule has 24 heavy (non-hydrogen) atoms. The Kier molecular flexibility index (Phi) is 5.23. The number of anilines is 2. The molecule has 1 fully saturated rings. The van der Waals surface area contributed by atoms with E-state index in [4.69, 9.17) is 16.9 Å². The predicted octanol–water partition coefficient (Wildman–Crippen LogP) is 3.76. The Morgan fingerprint density at radius 1 is 1.50 bits per heavy atom. The van der Waals surface area contributed by atoms with E-state index >= 15 is 0 Å². The van der Waals surface area contributed by atoms with Crippen molar-refractivity contribution < 1.29 is 4.79 Å². The van der Waals surface area contributed by atoms with Gasteiger partial charge in [-0.3, -0.25) is 4.79 Å². The van der Waals surface area contributed by atoms with Gasteiger partial charge in [-0.2, -0.15) is 5.26 Å². The van der Waals surface area contributed by atoms with E-state index in [-0.39, 0.29) is 11.2 Å². The van der Waals surface area contributed by atoms with E-state index in [2.05, 4.69) is 20.8 Å². The summed E-state index contributed by atoms with van der Waals surface area (Å²) >= 11 is 8.78. The number of hydrogen-bond acceptors (Lipinski definition) is 7. The second-order valence-electron chi connectivity index (χ2n) is 5.35. The topological polar surface area (TPSA) is 90.7 Å². The SMILES string of the molecule is C[C@@H](Sc1nnc(NC2CC2)s1)C(=O)Nc1ccc(C#N)c(Cl)c1. The van der Waals surface area contributed by atoms with Gasteiger partial charge in [0.15, 0.2) is 4.34 Å². The first-order valence-corrected chi connectivity index (χ1v) is 9.40. The number of thioether (sulfide) groups is 1. The van der Waals surface area contributed by atoms with E-state index < -0.39 is 0 Å². The molecule has 0 saturated heterocycles. The molecule has 1 saturated carbocycles. The number of halogens is 1. The molecule has 0 spiro atoms. The summed E-state index contributed by atoms with van der Waals surface area (Å²) in [5.41, 5.74) is 0.937. The molecule has 1 amide bonds. The molecule has 1 atom stereocenters. The Labute approximate surface area is 152 Å². The third-order valence-electron chi connectivity index (χ3n) is 3.32. The standard InChI is InChI=1S/C15H14ClN5OS2/c1-8(23-15-21-20-14(24-15)19-10-4-5-10)13(22)18-11-3-2-9(7-17)12(16)6-11/h2-3,6,8,10H,4-5H2,1H3,(H,18,22)(H,19,20)/t8-/m1/s1. The van der Waals surface area contributed by atoms with E-state index in [9.17, 15) is 4.79 Å². The van der Waals surface area contributed by atoms with Crippen LogP contribution in [0, 0.1) is 11.3 Å². The smallest absolute Gasteiger partial charge is 0.237 e. The Bertz CT molecular complexity index is 799. The van der Waals surface area contributed by atoms with Gasteiger partial charge in [-0.15, -0.1) is 10.2 Å². The molecule has 1 heterocycles. The van der Waals surface area contributed by atoms with Gasteiger partial charge in [0.2, 0.25) is 11.0 Å². The van der Waals surface area contributed by atoms with Crippen LogP contribution in [-0.2, 0) is 4.79 Å². The molecule has 9 heteroatoms. The lowest BCUT2D eigenvalue weighted by Crippen LogP contribution is -2.22. The molecule has 0 aliphatic heterocycles. The van der Waals surface area contributed by atoms with Crippen molar-refractivity contribution in [3.63, 3.8) is 0 Å². The van der Waals surface area contributed by atoms with Crippen LogP contribution < -0.4 is 10.6 Å². The minimum Gasteiger partial charge on any atom is -0.357 e. The molecule has 2 N–H and O–H groups in total. The average molecular weight is 380 g/mol. The van der Waals surface area contributed by atoms with Gasteiger partial charge in [-0.25, -0.2) is 0 Å². The summed E-state index contributed by atoms with van der Waals surface area (Å²) in [6, 6.07) is 7.31. The lowest BCUT2D eigenvalue weighted by molar-refractivity contribution is -0.115. The Balaban J connectivity index is 1.57. The first kappa shape index (κ1) is 17.0. The van der Waals surface area contributed by atoms with Gasteiger partial charge in [0.05, 0.1) is 15.8 Å². The zero-order chi connectivity index (χ0) is 17.1. The third-order valence-corrected chi connectivity index (χ3v) is 5.67. The average Bonchev–Trinajstić information content (AvgIpc) is 3.26. The second kappa shape index (κ2) is 7.38. The number of rotatable bonds is 6. The molecular weight excluding hydrogens is 366 g/mol. The highest BCUT2D eigenvalue weighted by Gasteiger charge is 2.23. The summed E-state index contributed by atoms with van der Waals surface area (Å²) in [4.78, 5) is 12.3. The molecular formula is C15H14ClN5OS2. The molecule has 1 aromatic carbocycles. The van der Waals surface area contributed by atoms with Crippen molar-refractivity contribution in [1.82, 2.24) is 10.2 Å². The Hall–Kier alpha value is -1.82. The molecule has 1 aliphatic rings. The minimum absolute atomic E-state index is 0.160. The van der Waals surface area contributed by atoms with Crippen molar-refractivity contribution in [2.75, 3.05) is 10.6 Å². The quantitative estimate of drug-likeness (QED) is 0.742. The highest BCUT2D eigenvalue weighted by molar-refractivity contribution is 8.02. The van der Waals surface area contributed by atoms with Crippen molar-refractivity contribution in [3.8, 4) is 6.07 Å². The number of nitrogens with zero attached hydrogens (tertiary/aromatic N) is 3. The van der Waals surface area contributed by atoms with Gasteiger partial charge in [0, 0.05) is 11.7 Å². The Morgan fingerprint density at radius 2 is 2.29 bits per heavy atom. The van der Waals surface area contributed by atoms with Crippen molar-refractivity contribution in [2.45, 2.75) is 35.4 Å². The maximum atomic E-state index is 12.3. The summed E-state index contributed by atoms with van der Waals surface area (Å²) < 4.78 is 0.749. The molecule has 0 radical (unpaired) electrons. The first-order valence-electron chi connectivity index (χ1n) is 7.32. The van der Waals surface area contributed by atoms with Crippen LogP contribution in [0.15, 0.2) is 22.5 Å². The normalized spacial score (nSPS) is 14.7. The molecule has 0 unspecified atom stereocenters. The fraction of sp³-hybridized carbons (Fsp3) is 0.333. The summed E-state index contributed by atoms with van der Waals surface area (Å²) in [6.45, 7) is 1.81. The van der Waals surface area contributed by atoms with E-state index in [1.54, 1.807) is 25.1 Å². The number of hydrogen-bond donors (Lipinski definition) is 2. The number of amides is 1. The number of carbonyl (C=O) groups excluding carboxylic acids is 1. The monoisotopic (exact) mass is 379 g/mol. The van der Waals surface area contributed by atoms with Gasteiger partial charge in [0.1, 0.15) is 6.07 Å². The van der Waals surface area contributed by atoms with E-state index in [1.165, 1.54) is 35.9 Å². The highest BCUT2D eigenvalue weighted by atomic mass is 35.5. The van der Waals surface area contributed by atoms with Crippen LogP contribution in [0.4, 0.5) is 10.8 Å². The maximum absolute atomic E-state index is 12.3. The first-order chi connectivity index (χ1) is 11.5. The molecule has 1 aliphatic carbocycles. The molecule has 124 valence electrons. The van der Waals surface area contributed by atoms with Crippen molar-refractivity contribution in [3.05, 3.63) is 28.8 Å². The van der Waals surface area contributed by atoms with Crippen LogP contribution in [-0.4, -0.2) is 27.4 Å². The molecule has 1 aromatic heterocycles. The zero-order valence-electron chi connectivity index (χ0n) is 12.7. The van der Waals surface area contributed by atoms with Gasteiger partial charge in [0.25, 0.3) is 0 Å². The summed E-state index contributed by atoms with van der Waals surface area (Å²) in [6.07, 6.45) is 2.35. The van der Waals surface area contributed by atoms with E-state index in [0.717, 1.165) is 9.47 Å². The van der Waals surface area contributed by atoms with Crippen LogP contribution in [0.3, 0.4) is 0 Å². The number of nitrogens with one attached hydrogen (secondary N) is 2. The molecule has 6 nitrogen and oxygen atoms in total. The van der Waals surface area contributed by atoms with Crippen LogP contribution >= 0.6 is 34.7 Å². The maximum Gasteiger partial charge on any atom is 0.237 e. The fourth-order valence-corrected chi connectivity index (χ4v) is 4.05. The highest BCUT2D eigenvalue weighted by Crippen LogP contribution is 2.32. The van der Waals surface area contributed by atoms with E-state index in [0.29, 0.717) is 22.3 Å². The number of aromatic nitrogens is 2. The fourth-order valence-electron chi connectivity index (χ4n) is 1.85. The van der Waals surface area contributed by atoms with Crippen LogP contribution in [0.5, 0.6) is 0 Å². The van der Waals surface area contributed by atoms with Crippen LogP contribution in [0.25, 0.3) is 0 Å².